The minimum Gasteiger partial charge on any atom is -0.489 e. The van der Waals surface area contributed by atoms with Crippen molar-refractivity contribution >= 4 is 15.1 Å². The highest BCUT2D eigenvalue weighted by Gasteiger charge is 2.17. The first kappa shape index (κ1) is 35.8. The molecule has 0 radical (unpaired) electrons. The molecular formula is C31H57NO6P+. The Kier molecular flexibility index (Phi) is 21.5. The Labute approximate surface area is 240 Å². The van der Waals surface area contributed by atoms with E-state index in [-0.39, 0.29) is 13.2 Å². The third-order valence-electron chi connectivity index (χ3n) is 6.74. The van der Waals surface area contributed by atoms with Crippen LogP contribution in [-0.4, -0.2) is 69.5 Å². The molecule has 0 bridgehead atoms. The van der Waals surface area contributed by atoms with E-state index in [1.54, 1.807) is 0 Å². The van der Waals surface area contributed by atoms with Crippen molar-refractivity contribution in [2.45, 2.75) is 109 Å². The minimum absolute atomic E-state index is 0.0146. The monoisotopic (exact) mass is 570 g/mol. The van der Waals surface area contributed by atoms with Crippen LogP contribution in [0.4, 0.5) is 0 Å². The fourth-order valence-corrected chi connectivity index (χ4v) is 5.06. The number of quaternary nitrogens is 1. The molecule has 1 rings (SSSR count). The van der Waals surface area contributed by atoms with Crippen LogP contribution in [0.2, 0.25) is 0 Å². The van der Waals surface area contributed by atoms with Crippen LogP contribution in [0.25, 0.3) is 0 Å². The zero-order chi connectivity index (χ0) is 28.6. The van der Waals surface area contributed by atoms with E-state index in [4.69, 9.17) is 18.5 Å². The lowest BCUT2D eigenvalue weighted by atomic mass is 10.0. The molecule has 226 valence electrons. The second-order valence-electron chi connectivity index (χ2n) is 11.5. The number of aryl methyl sites for hydroxylation is 1. The second-order valence-corrected chi connectivity index (χ2v) is 12.5. The minimum atomic E-state index is -2.02. The number of hydrogen-bond donors (Lipinski definition) is 1. The van der Waals surface area contributed by atoms with Gasteiger partial charge in [-0.3, -0.25) is 4.79 Å². The summed E-state index contributed by atoms with van der Waals surface area (Å²) in [5.41, 5.74) is 1.16. The molecule has 8 heteroatoms. The standard InChI is InChI=1S/C31H57NO6P/c1-5-6-7-8-9-10-11-12-13-14-15-16-21-29-22-17-18-23-31(29)35-26-30(36-28-33)27-38-39(34)37-25-20-19-24-32(2,3)4/h17-18,22-23,28,30,34H,5-16,19-21,24-27H2,1-4H3/q+1. The van der Waals surface area contributed by atoms with Gasteiger partial charge in [-0.15, -0.1) is 0 Å². The summed E-state index contributed by atoms with van der Waals surface area (Å²) in [5.74, 6) is 0.805. The summed E-state index contributed by atoms with van der Waals surface area (Å²) >= 11 is 0. The third kappa shape index (κ3) is 21.2. The van der Waals surface area contributed by atoms with Crippen LogP contribution in [0.5, 0.6) is 5.75 Å². The highest BCUT2D eigenvalue weighted by atomic mass is 31.2. The predicted octanol–water partition coefficient (Wildman–Crippen LogP) is 7.59. The number of benzene rings is 1. The van der Waals surface area contributed by atoms with Crippen LogP contribution in [0.15, 0.2) is 24.3 Å². The Bertz CT molecular complexity index is 715. The van der Waals surface area contributed by atoms with Crippen LogP contribution in [0.1, 0.15) is 102 Å². The zero-order valence-corrected chi connectivity index (χ0v) is 26.2. The van der Waals surface area contributed by atoms with Gasteiger partial charge in [0.15, 0.2) is 6.10 Å². The van der Waals surface area contributed by atoms with Gasteiger partial charge < -0.3 is 27.9 Å². The van der Waals surface area contributed by atoms with Crippen LogP contribution in [0.3, 0.4) is 0 Å². The number of hydrogen-bond acceptors (Lipinski definition) is 6. The van der Waals surface area contributed by atoms with E-state index in [0.717, 1.165) is 48.0 Å². The number of carbonyl (C=O) groups is 1. The van der Waals surface area contributed by atoms with Crippen molar-refractivity contribution in [2.24, 2.45) is 0 Å². The molecule has 0 saturated carbocycles. The number of unbranched alkanes of at least 4 members (excludes halogenated alkanes) is 12. The van der Waals surface area contributed by atoms with Gasteiger partial charge in [-0.05, 0) is 37.3 Å². The lowest BCUT2D eigenvalue weighted by Gasteiger charge is -2.23. The molecule has 1 aromatic carbocycles. The molecule has 39 heavy (non-hydrogen) atoms. The van der Waals surface area contributed by atoms with E-state index < -0.39 is 14.7 Å². The second kappa shape index (κ2) is 23.5. The van der Waals surface area contributed by atoms with Gasteiger partial charge in [-0.25, -0.2) is 0 Å². The van der Waals surface area contributed by atoms with Gasteiger partial charge in [0.2, 0.25) is 0 Å². The maximum absolute atomic E-state index is 11.0. The van der Waals surface area contributed by atoms with E-state index in [1.165, 1.54) is 70.6 Å². The summed E-state index contributed by atoms with van der Waals surface area (Å²) in [6.45, 7) is 4.30. The fraction of sp³-hybridized carbons (Fsp3) is 0.774. The molecule has 0 aliphatic heterocycles. The van der Waals surface area contributed by atoms with Crippen LogP contribution < -0.4 is 4.74 Å². The third-order valence-corrected chi connectivity index (χ3v) is 7.51. The molecule has 2 unspecified atom stereocenters. The first-order valence-corrected chi connectivity index (χ1v) is 16.3. The largest absolute Gasteiger partial charge is 0.489 e. The number of rotatable bonds is 27. The molecule has 0 aliphatic carbocycles. The molecule has 1 N–H and O–H groups in total. The molecule has 0 amide bonds. The Morgan fingerprint density at radius 1 is 0.821 bits per heavy atom. The molecule has 7 nitrogen and oxygen atoms in total. The lowest BCUT2D eigenvalue weighted by molar-refractivity contribution is -0.870. The van der Waals surface area contributed by atoms with Crippen molar-refractivity contribution in [2.75, 3.05) is 47.5 Å². The Morgan fingerprint density at radius 2 is 1.44 bits per heavy atom. The average Bonchev–Trinajstić information content (AvgIpc) is 2.90. The topological polar surface area (TPSA) is 74.2 Å². The highest BCUT2D eigenvalue weighted by molar-refractivity contribution is 7.40. The van der Waals surface area contributed by atoms with E-state index >= 15 is 0 Å². The van der Waals surface area contributed by atoms with Crippen molar-refractivity contribution in [3.05, 3.63) is 29.8 Å². The SMILES string of the molecule is CCCCCCCCCCCCCCc1ccccc1OCC(COP(O)OCCCC[N+](C)(C)C)OC=O. The maximum atomic E-state index is 11.0. The summed E-state index contributed by atoms with van der Waals surface area (Å²) in [6, 6.07) is 8.03. The van der Waals surface area contributed by atoms with Gasteiger partial charge >= 0.3 is 8.60 Å². The quantitative estimate of drug-likeness (QED) is 0.0508. The highest BCUT2D eigenvalue weighted by Crippen LogP contribution is 2.33. The molecule has 0 spiro atoms. The molecule has 0 aromatic heterocycles. The van der Waals surface area contributed by atoms with Gasteiger partial charge in [0.05, 0.1) is 40.9 Å². The summed E-state index contributed by atoms with van der Waals surface area (Å²) in [5, 5.41) is 0. The Balaban J connectivity index is 2.24. The van der Waals surface area contributed by atoms with Crippen LogP contribution in [-0.2, 0) is 25.0 Å². The average molecular weight is 571 g/mol. The van der Waals surface area contributed by atoms with E-state index in [0.29, 0.717) is 13.1 Å². The van der Waals surface area contributed by atoms with E-state index in [2.05, 4.69) is 34.1 Å². The van der Waals surface area contributed by atoms with Crippen LogP contribution in [0, 0.1) is 0 Å². The van der Waals surface area contributed by atoms with Crippen molar-refractivity contribution in [1.29, 1.82) is 0 Å². The summed E-state index contributed by atoms with van der Waals surface area (Å²) < 4.78 is 22.8. The summed E-state index contributed by atoms with van der Waals surface area (Å²) in [7, 11) is 4.43. The number of nitrogens with zero attached hydrogens (tertiary/aromatic N) is 1. The summed E-state index contributed by atoms with van der Waals surface area (Å²) in [6.07, 6.45) is 18.2. The molecule has 2 atom stereocenters. The van der Waals surface area contributed by atoms with Crippen molar-refractivity contribution in [3.63, 3.8) is 0 Å². The Morgan fingerprint density at radius 3 is 2.05 bits per heavy atom. The zero-order valence-electron chi connectivity index (χ0n) is 25.3. The summed E-state index contributed by atoms with van der Waals surface area (Å²) in [4.78, 5) is 21.0. The van der Waals surface area contributed by atoms with Gasteiger partial charge in [0, 0.05) is 0 Å². The van der Waals surface area contributed by atoms with Gasteiger partial charge in [0.1, 0.15) is 12.4 Å². The molecule has 0 aliphatic rings. The number of ether oxygens (including phenoxy) is 2. The van der Waals surface area contributed by atoms with Gasteiger partial charge in [0.25, 0.3) is 6.47 Å². The van der Waals surface area contributed by atoms with Gasteiger partial charge in [-0.1, -0.05) is 95.8 Å². The van der Waals surface area contributed by atoms with Crippen molar-refractivity contribution < 1.29 is 32.7 Å². The molecule has 0 fully saturated rings. The lowest BCUT2D eigenvalue weighted by Crippen LogP contribution is -2.35. The smallest absolute Gasteiger partial charge is 0.329 e. The number of para-hydroxylation sites is 1. The van der Waals surface area contributed by atoms with Crippen molar-refractivity contribution in [1.82, 2.24) is 0 Å². The van der Waals surface area contributed by atoms with Gasteiger partial charge in [-0.2, -0.15) is 0 Å². The normalized spacial score (nSPS) is 13.3. The first-order valence-electron chi connectivity index (χ1n) is 15.2. The fourth-order valence-electron chi connectivity index (χ4n) is 4.41. The predicted molar refractivity (Wildman–Crippen MR) is 161 cm³/mol. The molecular weight excluding hydrogens is 513 g/mol. The number of carbonyl (C=O) groups excluding carboxylic acids is 1. The molecule has 1 aromatic rings. The van der Waals surface area contributed by atoms with Crippen molar-refractivity contribution in [3.8, 4) is 5.75 Å². The van der Waals surface area contributed by atoms with Crippen LogP contribution >= 0.6 is 8.60 Å². The maximum Gasteiger partial charge on any atom is 0.329 e. The molecule has 0 saturated heterocycles. The molecule has 0 heterocycles. The first-order chi connectivity index (χ1) is 18.9. The van der Waals surface area contributed by atoms with E-state index in [1.807, 2.05) is 18.2 Å². The Hall–Kier alpha value is -1.24. The van der Waals surface area contributed by atoms with E-state index in [9.17, 15) is 9.69 Å².